The second-order valence-electron chi connectivity index (χ2n) is 6.09. The van der Waals surface area contributed by atoms with Crippen LogP contribution in [0.1, 0.15) is 23.3 Å². The number of aryl methyl sites for hydroxylation is 1. The third-order valence-electron chi connectivity index (χ3n) is 4.37. The maximum Gasteiger partial charge on any atom is 0.274 e. The lowest BCUT2D eigenvalue weighted by atomic mass is 10.2. The van der Waals surface area contributed by atoms with Crippen molar-refractivity contribution in [3.63, 3.8) is 0 Å². The Labute approximate surface area is 140 Å². The maximum atomic E-state index is 12.5. The van der Waals surface area contributed by atoms with E-state index in [1.165, 1.54) is 12.8 Å². The summed E-state index contributed by atoms with van der Waals surface area (Å²) in [5, 5.41) is 2.94. The van der Waals surface area contributed by atoms with Gasteiger partial charge in [0.25, 0.3) is 5.91 Å². The average Bonchev–Trinajstić information content (AvgIpc) is 3.25. The van der Waals surface area contributed by atoms with Crippen molar-refractivity contribution in [2.24, 2.45) is 7.05 Å². The molecule has 6 nitrogen and oxygen atoms in total. The minimum atomic E-state index is -0.211. The number of carbonyl (C=O) groups is 1. The summed E-state index contributed by atoms with van der Waals surface area (Å²) < 4.78 is 1.81. The maximum absolute atomic E-state index is 12.5. The van der Waals surface area contributed by atoms with Crippen molar-refractivity contribution >= 4 is 28.4 Å². The summed E-state index contributed by atoms with van der Waals surface area (Å²) in [6, 6.07) is 11.5. The number of rotatable bonds is 3. The lowest BCUT2D eigenvalue weighted by Gasteiger charge is -2.18. The molecule has 1 aliphatic rings. The van der Waals surface area contributed by atoms with Crippen molar-refractivity contribution in [2.45, 2.75) is 12.8 Å². The minimum absolute atomic E-state index is 0.211. The van der Waals surface area contributed by atoms with Gasteiger partial charge in [0.2, 0.25) is 0 Å². The van der Waals surface area contributed by atoms with Gasteiger partial charge in [-0.2, -0.15) is 0 Å². The Morgan fingerprint density at radius 1 is 1.17 bits per heavy atom. The number of anilines is 2. The molecule has 4 rings (SSSR count). The molecule has 0 spiro atoms. The van der Waals surface area contributed by atoms with E-state index in [9.17, 15) is 4.79 Å². The van der Waals surface area contributed by atoms with Crippen molar-refractivity contribution < 1.29 is 4.79 Å². The van der Waals surface area contributed by atoms with Gasteiger partial charge in [0.05, 0.1) is 6.33 Å². The molecule has 3 aromatic rings. The molecule has 1 N–H and O–H groups in total. The first-order chi connectivity index (χ1) is 11.7. The van der Waals surface area contributed by atoms with Gasteiger partial charge in [-0.25, -0.2) is 9.97 Å². The molecular formula is C18H19N5O. The molecule has 0 atom stereocenters. The number of aromatic nitrogens is 3. The van der Waals surface area contributed by atoms with E-state index in [2.05, 4.69) is 26.3 Å². The largest absolute Gasteiger partial charge is 0.371 e. The molecule has 3 heterocycles. The molecule has 0 unspecified atom stereocenters. The number of hydrogen-bond acceptors (Lipinski definition) is 4. The van der Waals surface area contributed by atoms with Crippen LogP contribution in [0.5, 0.6) is 0 Å². The van der Waals surface area contributed by atoms with E-state index in [-0.39, 0.29) is 5.91 Å². The normalized spacial score (nSPS) is 14.3. The Morgan fingerprint density at radius 3 is 2.83 bits per heavy atom. The van der Waals surface area contributed by atoms with E-state index in [1.807, 2.05) is 31.3 Å². The highest BCUT2D eigenvalue weighted by atomic mass is 16.1. The Hall–Kier alpha value is -2.89. The van der Waals surface area contributed by atoms with Crippen LogP contribution in [0, 0.1) is 0 Å². The number of nitrogens with one attached hydrogen (secondary N) is 1. The van der Waals surface area contributed by atoms with E-state index in [1.54, 1.807) is 17.0 Å². The number of benzene rings is 1. The number of carbonyl (C=O) groups excluding carboxylic acids is 1. The average molecular weight is 321 g/mol. The highest BCUT2D eigenvalue weighted by molar-refractivity contribution is 6.04. The first kappa shape index (κ1) is 14.7. The quantitative estimate of drug-likeness (QED) is 0.806. The third-order valence-corrected chi connectivity index (χ3v) is 4.37. The second kappa shape index (κ2) is 5.96. The molecule has 1 aromatic carbocycles. The van der Waals surface area contributed by atoms with Crippen LogP contribution in [0.2, 0.25) is 0 Å². The Balaban J connectivity index is 1.56. The second-order valence-corrected chi connectivity index (χ2v) is 6.09. The van der Waals surface area contributed by atoms with Gasteiger partial charge in [-0.1, -0.05) is 6.07 Å². The van der Waals surface area contributed by atoms with Crippen molar-refractivity contribution in [3.05, 3.63) is 48.4 Å². The summed E-state index contributed by atoms with van der Waals surface area (Å²) in [5.41, 5.74) is 3.81. The van der Waals surface area contributed by atoms with E-state index < -0.39 is 0 Å². The monoisotopic (exact) mass is 321 g/mol. The lowest BCUT2D eigenvalue weighted by Crippen LogP contribution is -2.18. The van der Waals surface area contributed by atoms with Crippen molar-refractivity contribution in [1.29, 1.82) is 0 Å². The molecule has 0 bridgehead atoms. The number of fused-ring (bicyclic) bond motifs is 1. The van der Waals surface area contributed by atoms with Crippen molar-refractivity contribution in [1.82, 2.24) is 14.5 Å². The molecule has 2 aromatic heterocycles. The van der Waals surface area contributed by atoms with E-state index in [0.29, 0.717) is 11.3 Å². The first-order valence-electron chi connectivity index (χ1n) is 8.15. The van der Waals surface area contributed by atoms with Crippen LogP contribution in [0.4, 0.5) is 11.4 Å². The van der Waals surface area contributed by atoms with Crippen LogP contribution in [-0.2, 0) is 7.05 Å². The number of imidazole rings is 1. The van der Waals surface area contributed by atoms with Crippen molar-refractivity contribution in [3.8, 4) is 0 Å². The van der Waals surface area contributed by atoms with Crippen LogP contribution in [0.15, 0.2) is 42.7 Å². The zero-order chi connectivity index (χ0) is 16.5. The molecule has 6 heteroatoms. The molecule has 0 radical (unpaired) electrons. The zero-order valence-corrected chi connectivity index (χ0v) is 13.6. The number of hydrogen-bond donors (Lipinski definition) is 1. The van der Waals surface area contributed by atoms with Gasteiger partial charge < -0.3 is 14.8 Å². The fourth-order valence-electron chi connectivity index (χ4n) is 3.08. The van der Waals surface area contributed by atoms with Crippen LogP contribution in [-0.4, -0.2) is 33.5 Å². The molecular weight excluding hydrogens is 302 g/mol. The number of pyridine rings is 1. The van der Waals surface area contributed by atoms with Gasteiger partial charge in [0.1, 0.15) is 11.2 Å². The van der Waals surface area contributed by atoms with Gasteiger partial charge in [0, 0.05) is 31.5 Å². The van der Waals surface area contributed by atoms with Crippen LogP contribution in [0.25, 0.3) is 11.2 Å². The molecule has 1 saturated heterocycles. The smallest absolute Gasteiger partial charge is 0.274 e. The summed E-state index contributed by atoms with van der Waals surface area (Å²) in [7, 11) is 1.86. The topological polar surface area (TPSA) is 63.1 Å². The summed E-state index contributed by atoms with van der Waals surface area (Å²) in [5.74, 6) is -0.211. The van der Waals surface area contributed by atoms with E-state index in [4.69, 9.17) is 0 Å². The lowest BCUT2D eigenvalue weighted by molar-refractivity contribution is 0.102. The minimum Gasteiger partial charge on any atom is -0.371 e. The summed E-state index contributed by atoms with van der Waals surface area (Å²) in [6.45, 7) is 2.16. The molecule has 1 fully saturated rings. The summed E-state index contributed by atoms with van der Waals surface area (Å²) >= 11 is 0. The molecule has 0 saturated carbocycles. The third kappa shape index (κ3) is 2.71. The van der Waals surface area contributed by atoms with E-state index >= 15 is 0 Å². The highest BCUT2D eigenvalue weighted by Gasteiger charge is 2.14. The highest BCUT2D eigenvalue weighted by Crippen LogP contribution is 2.23. The van der Waals surface area contributed by atoms with Crippen LogP contribution >= 0.6 is 0 Å². The van der Waals surface area contributed by atoms with Crippen molar-refractivity contribution in [2.75, 3.05) is 23.3 Å². The number of nitrogens with zero attached hydrogens (tertiary/aromatic N) is 4. The molecule has 122 valence electrons. The molecule has 24 heavy (non-hydrogen) atoms. The Bertz CT molecular complexity index is 895. The van der Waals surface area contributed by atoms with Gasteiger partial charge in [-0.3, -0.25) is 4.79 Å². The van der Waals surface area contributed by atoms with Gasteiger partial charge >= 0.3 is 0 Å². The predicted molar refractivity (Wildman–Crippen MR) is 94.4 cm³/mol. The molecule has 0 aliphatic carbocycles. The Morgan fingerprint density at radius 2 is 2.00 bits per heavy atom. The van der Waals surface area contributed by atoms with Gasteiger partial charge in [-0.05, 0) is 43.2 Å². The summed E-state index contributed by atoms with van der Waals surface area (Å²) in [6.07, 6.45) is 4.15. The standard InChI is InChI=1S/C18H19N5O/c1-22-12-19-15-7-8-16(21-17(15)22)18(24)20-13-5-4-6-14(11-13)23-9-2-3-10-23/h4-8,11-12H,2-3,9-10H2,1H3,(H,20,24). The van der Waals surface area contributed by atoms with Gasteiger partial charge in [0.15, 0.2) is 5.65 Å². The van der Waals surface area contributed by atoms with Crippen LogP contribution < -0.4 is 10.2 Å². The zero-order valence-electron chi connectivity index (χ0n) is 13.6. The SMILES string of the molecule is Cn1cnc2ccc(C(=O)Nc3cccc(N4CCCC4)c3)nc21. The molecule has 1 aliphatic heterocycles. The predicted octanol–water partition coefficient (Wildman–Crippen LogP) is 2.82. The fraction of sp³-hybridized carbons (Fsp3) is 0.278. The molecule has 1 amide bonds. The summed E-state index contributed by atoms with van der Waals surface area (Å²) in [4.78, 5) is 23.5. The first-order valence-corrected chi connectivity index (χ1v) is 8.15. The Kier molecular flexibility index (Phi) is 3.65. The number of amides is 1. The van der Waals surface area contributed by atoms with E-state index in [0.717, 1.165) is 30.0 Å². The van der Waals surface area contributed by atoms with Crippen LogP contribution in [0.3, 0.4) is 0 Å². The fourth-order valence-corrected chi connectivity index (χ4v) is 3.08. The van der Waals surface area contributed by atoms with Gasteiger partial charge in [-0.15, -0.1) is 0 Å².